The standard InChI is InChI=1S/C14H23NO2/c1-4-14(15-3)12(2)16-10-11-17-13-8-6-5-7-9-13/h5-9,12,14-15H,4,10-11H2,1-3H3. The monoisotopic (exact) mass is 237 g/mol. The van der Waals surface area contributed by atoms with Gasteiger partial charge in [-0.25, -0.2) is 0 Å². The van der Waals surface area contributed by atoms with E-state index >= 15 is 0 Å². The van der Waals surface area contributed by atoms with E-state index in [-0.39, 0.29) is 6.10 Å². The van der Waals surface area contributed by atoms with E-state index < -0.39 is 0 Å². The quantitative estimate of drug-likeness (QED) is 0.705. The van der Waals surface area contributed by atoms with E-state index in [1.54, 1.807) is 0 Å². The summed E-state index contributed by atoms with van der Waals surface area (Å²) in [7, 11) is 1.97. The molecule has 0 aliphatic heterocycles. The Balaban J connectivity index is 2.16. The maximum Gasteiger partial charge on any atom is 0.119 e. The van der Waals surface area contributed by atoms with Gasteiger partial charge in [0, 0.05) is 6.04 Å². The van der Waals surface area contributed by atoms with E-state index in [0.717, 1.165) is 12.2 Å². The van der Waals surface area contributed by atoms with Crippen molar-refractivity contribution in [3.05, 3.63) is 30.3 Å². The summed E-state index contributed by atoms with van der Waals surface area (Å²) in [5.74, 6) is 0.893. The van der Waals surface area contributed by atoms with Crippen LogP contribution in [0.1, 0.15) is 20.3 Å². The molecule has 0 aromatic heterocycles. The summed E-state index contributed by atoms with van der Waals surface area (Å²) < 4.78 is 11.3. The molecule has 0 aliphatic rings. The van der Waals surface area contributed by atoms with Crippen molar-refractivity contribution < 1.29 is 9.47 Å². The van der Waals surface area contributed by atoms with Gasteiger partial charge in [0.05, 0.1) is 12.7 Å². The highest BCUT2D eigenvalue weighted by molar-refractivity contribution is 5.20. The molecule has 0 heterocycles. The molecule has 0 saturated carbocycles. The van der Waals surface area contributed by atoms with Crippen molar-refractivity contribution in [1.82, 2.24) is 5.32 Å². The van der Waals surface area contributed by atoms with E-state index in [1.807, 2.05) is 37.4 Å². The summed E-state index contributed by atoms with van der Waals surface area (Å²) >= 11 is 0. The topological polar surface area (TPSA) is 30.5 Å². The molecule has 0 aliphatic carbocycles. The summed E-state index contributed by atoms with van der Waals surface area (Å²) in [6.45, 7) is 5.46. The molecule has 0 bridgehead atoms. The van der Waals surface area contributed by atoms with Crippen LogP contribution >= 0.6 is 0 Å². The lowest BCUT2D eigenvalue weighted by atomic mass is 10.1. The molecule has 96 valence electrons. The van der Waals surface area contributed by atoms with Crippen LogP contribution in [-0.4, -0.2) is 32.4 Å². The predicted octanol–water partition coefficient (Wildman–Crippen LogP) is 2.47. The zero-order valence-electron chi connectivity index (χ0n) is 11.0. The van der Waals surface area contributed by atoms with E-state index in [1.165, 1.54) is 0 Å². The fourth-order valence-electron chi connectivity index (χ4n) is 1.80. The van der Waals surface area contributed by atoms with Crippen LogP contribution in [0.2, 0.25) is 0 Å². The fraction of sp³-hybridized carbons (Fsp3) is 0.571. The van der Waals surface area contributed by atoms with Crippen LogP contribution in [0.25, 0.3) is 0 Å². The van der Waals surface area contributed by atoms with Gasteiger partial charge in [0.2, 0.25) is 0 Å². The van der Waals surface area contributed by atoms with Crippen molar-refractivity contribution >= 4 is 0 Å². The van der Waals surface area contributed by atoms with Crippen molar-refractivity contribution in [1.29, 1.82) is 0 Å². The number of hydrogen-bond acceptors (Lipinski definition) is 3. The lowest BCUT2D eigenvalue weighted by Crippen LogP contribution is -2.37. The van der Waals surface area contributed by atoms with E-state index in [0.29, 0.717) is 19.3 Å². The smallest absolute Gasteiger partial charge is 0.119 e. The zero-order valence-corrected chi connectivity index (χ0v) is 11.0. The first-order valence-electron chi connectivity index (χ1n) is 6.24. The Morgan fingerprint density at radius 1 is 1.18 bits per heavy atom. The van der Waals surface area contributed by atoms with Crippen LogP contribution in [-0.2, 0) is 4.74 Å². The first-order chi connectivity index (χ1) is 8.27. The van der Waals surface area contributed by atoms with E-state index in [9.17, 15) is 0 Å². The van der Waals surface area contributed by atoms with Gasteiger partial charge in [0.25, 0.3) is 0 Å². The fourth-order valence-corrected chi connectivity index (χ4v) is 1.80. The Bertz CT molecular complexity index is 286. The first kappa shape index (κ1) is 14.0. The molecule has 3 heteroatoms. The van der Waals surface area contributed by atoms with Crippen molar-refractivity contribution in [2.75, 3.05) is 20.3 Å². The molecule has 1 rings (SSSR count). The van der Waals surface area contributed by atoms with Gasteiger partial charge in [-0.15, -0.1) is 0 Å². The Kier molecular flexibility index (Phi) is 6.67. The second-order valence-corrected chi connectivity index (χ2v) is 4.04. The molecular weight excluding hydrogens is 214 g/mol. The average molecular weight is 237 g/mol. The summed E-state index contributed by atoms with van der Waals surface area (Å²) in [5.41, 5.74) is 0. The molecule has 2 unspecified atom stereocenters. The number of hydrogen-bond donors (Lipinski definition) is 1. The number of para-hydroxylation sites is 1. The molecule has 1 aromatic rings. The normalized spacial score (nSPS) is 14.3. The number of benzene rings is 1. The molecule has 0 spiro atoms. The predicted molar refractivity (Wildman–Crippen MR) is 70.5 cm³/mol. The number of rotatable bonds is 8. The summed E-state index contributed by atoms with van der Waals surface area (Å²) in [6.07, 6.45) is 1.28. The molecule has 0 saturated heterocycles. The number of nitrogens with one attached hydrogen (secondary N) is 1. The molecule has 17 heavy (non-hydrogen) atoms. The number of ether oxygens (including phenoxy) is 2. The van der Waals surface area contributed by atoms with Gasteiger partial charge in [0.1, 0.15) is 12.4 Å². The van der Waals surface area contributed by atoms with Gasteiger partial charge >= 0.3 is 0 Å². The second kappa shape index (κ2) is 8.09. The lowest BCUT2D eigenvalue weighted by Gasteiger charge is -2.22. The summed E-state index contributed by atoms with van der Waals surface area (Å²) in [6, 6.07) is 10.2. The highest BCUT2D eigenvalue weighted by Crippen LogP contribution is 2.08. The maximum absolute atomic E-state index is 5.72. The van der Waals surface area contributed by atoms with Gasteiger partial charge in [-0.1, -0.05) is 25.1 Å². The third-order valence-corrected chi connectivity index (χ3v) is 2.85. The third-order valence-electron chi connectivity index (χ3n) is 2.85. The van der Waals surface area contributed by atoms with Crippen molar-refractivity contribution in [2.45, 2.75) is 32.4 Å². The molecule has 3 nitrogen and oxygen atoms in total. The largest absolute Gasteiger partial charge is 0.491 e. The van der Waals surface area contributed by atoms with Gasteiger partial charge in [-0.2, -0.15) is 0 Å². The minimum absolute atomic E-state index is 0.212. The van der Waals surface area contributed by atoms with Crippen LogP contribution in [0.3, 0.4) is 0 Å². The van der Waals surface area contributed by atoms with Gasteiger partial charge < -0.3 is 14.8 Å². The Morgan fingerprint density at radius 2 is 1.88 bits per heavy atom. The average Bonchev–Trinajstić information content (AvgIpc) is 2.37. The van der Waals surface area contributed by atoms with Gasteiger partial charge in [-0.3, -0.25) is 0 Å². The second-order valence-electron chi connectivity index (χ2n) is 4.04. The molecular formula is C14H23NO2. The van der Waals surface area contributed by atoms with Gasteiger partial charge in [0.15, 0.2) is 0 Å². The van der Waals surface area contributed by atoms with Crippen LogP contribution in [0.4, 0.5) is 0 Å². The Hall–Kier alpha value is -1.06. The van der Waals surface area contributed by atoms with E-state index in [4.69, 9.17) is 9.47 Å². The van der Waals surface area contributed by atoms with Crippen LogP contribution in [0, 0.1) is 0 Å². The third kappa shape index (κ3) is 5.20. The SMILES string of the molecule is CCC(NC)C(C)OCCOc1ccccc1. The number of likely N-dealkylation sites (N-methyl/N-ethyl adjacent to an activating group) is 1. The first-order valence-corrected chi connectivity index (χ1v) is 6.24. The highest BCUT2D eigenvalue weighted by atomic mass is 16.5. The molecule has 0 radical (unpaired) electrons. The highest BCUT2D eigenvalue weighted by Gasteiger charge is 2.12. The van der Waals surface area contributed by atoms with Crippen LogP contribution < -0.4 is 10.1 Å². The minimum atomic E-state index is 0.212. The van der Waals surface area contributed by atoms with Crippen molar-refractivity contribution in [2.24, 2.45) is 0 Å². The van der Waals surface area contributed by atoms with E-state index in [2.05, 4.69) is 19.2 Å². The van der Waals surface area contributed by atoms with Crippen LogP contribution in [0.15, 0.2) is 30.3 Å². The van der Waals surface area contributed by atoms with Crippen molar-refractivity contribution in [3.8, 4) is 5.75 Å². The molecule has 1 N–H and O–H groups in total. The molecule has 2 atom stereocenters. The Labute approximate surface area is 104 Å². The lowest BCUT2D eigenvalue weighted by molar-refractivity contribution is 0.0228. The van der Waals surface area contributed by atoms with Crippen molar-refractivity contribution in [3.63, 3.8) is 0 Å². The molecule has 0 fully saturated rings. The van der Waals surface area contributed by atoms with Crippen LogP contribution in [0.5, 0.6) is 5.75 Å². The Morgan fingerprint density at radius 3 is 2.47 bits per heavy atom. The minimum Gasteiger partial charge on any atom is -0.491 e. The maximum atomic E-state index is 5.72. The summed E-state index contributed by atoms with van der Waals surface area (Å²) in [5, 5.41) is 3.24. The molecule has 0 amide bonds. The zero-order chi connectivity index (χ0) is 12.5. The summed E-state index contributed by atoms with van der Waals surface area (Å²) in [4.78, 5) is 0. The van der Waals surface area contributed by atoms with Gasteiger partial charge in [-0.05, 0) is 32.5 Å². The molecule has 1 aromatic carbocycles.